The number of rotatable bonds is 4. The third-order valence-corrected chi connectivity index (χ3v) is 2.98. The molecule has 0 aliphatic carbocycles. The van der Waals surface area contributed by atoms with Crippen molar-refractivity contribution < 1.29 is 0 Å². The lowest BCUT2D eigenvalue weighted by Crippen LogP contribution is -2.47. The van der Waals surface area contributed by atoms with Crippen LogP contribution in [0.3, 0.4) is 0 Å². The van der Waals surface area contributed by atoms with E-state index in [9.17, 15) is 0 Å². The maximum Gasteiger partial charge on any atom is 0.191 e. The summed E-state index contributed by atoms with van der Waals surface area (Å²) in [6, 6.07) is 8.41. The van der Waals surface area contributed by atoms with E-state index in [4.69, 9.17) is 0 Å². The van der Waals surface area contributed by atoms with Crippen LogP contribution in [0.1, 0.15) is 31.9 Å². The van der Waals surface area contributed by atoms with Gasteiger partial charge in [0.05, 0.1) is 6.54 Å². The molecule has 2 N–H and O–H groups in total. The first-order valence-electron chi connectivity index (χ1n) is 7.35. The zero-order chi connectivity index (χ0) is 16.0. The quantitative estimate of drug-likeness (QED) is 0.446. The van der Waals surface area contributed by atoms with E-state index < -0.39 is 0 Å². The van der Waals surface area contributed by atoms with Crippen LogP contribution in [0.15, 0.2) is 41.9 Å². The minimum atomic E-state index is -0.0171. The lowest BCUT2D eigenvalue weighted by molar-refractivity contribution is 0.501. The van der Waals surface area contributed by atoms with Crippen LogP contribution in [0.2, 0.25) is 0 Å². The van der Waals surface area contributed by atoms with Crippen molar-refractivity contribution >= 4 is 29.9 Å². The van der Waals surface area contributed by atoms with Gasteiger partial charge in [-0.25, -0.2) is 9.67 Å². The van der Waals surface area contributed by atoms with Crippen molar-refractivity contribution in [3.63, 3.8) is 0 Å². The van der Waals surface area contributed by atoms with Gasteiger partial charge >= 0.3 is 0 Å². The maximum atomic E-state index is 4.24. The smallest absolute Gasteiger partial charge is 0.191 e. The van der Waals surface area contributed by atoms with Gasteiger partial charge in [-0.05, 0) is 31.9 Å². The van der Waals surface area contributed by atoms with E-state index in [1.165, 1.54) is 11.1 Å². The van der Waals surface area contributed by atoms with Gasteiger partial charge < -0.3 is 10.6 Å². The van der Waals surface area contributed by atoms with Crippen LogP contribution in [0.25, 0.3) is 0 Å². The van der Waals surface area contributed by atoms with E-state index in [2.05, 4.69) is 70.7 Å². The molecule has 0 aliphatic heterocycles. The fraction of sp³-hybridized carbons (Fsp3) is 0.438. The van der Waals surface area contributed by atoms with Gasteiger partial charge in [0.2, 0.25) is 0 Å². The van der Waals surface area contributed by atoms with E-state index in [-0.39, 0.29) is 29.5 Å². The summed E-state index contributed by atoms with van der Waals surface area (Å²) >= 11 is 0. The molecule has 0 amide bonds. The molecule has 1 heterocycles. The summed E-state index contributed by atoms with van der Waals surface area (Å²) in [5, 5.41) is 10.8. The Labute approximate surface area is 154 Å². The second-order valence-electron chi connectivity index (χ2n) is 6.21. The fourth-order valence-corrected chi connectivity index (χ4v) is 2.06. The van der Waals surface area contributed by atoms with Crippen molar-refractivity contribution in [1.29, 1.82) is 0 Å². The van der Waals surface area contributed by atoms with Crippen molar-refractivity contribution in [2.75, 3.05) is 7.05 Å². The zero-order valence-electron chi connectivity index (χ0n) is 14.1. The highest BCUT2D eigenvalue weighted by atomic mass is 127. The van der Waals surface area contributed by atoms with Crippen molar-refractivity contribution in [2.45, 2.75) is 39.4 Å². The summed E-state index contributed by atoms with van der Waals surface area (Å²) in [6.45, 7) is 7.78. The van der Waals surface area contributed by atoms with Crippen LogP contribution in [-0.2, 0) is 13.1 Å². The molecule has 0 fully saturated rings. The first kappa shape index (κ1) is 19.4. The molecule has 23 heavy (non-hydrogen) atoms. The van der Waals surface area contributed by atoms with Crippen LogP contribution < -0.4 is 10.6 Å². The van der Waals surface area contributed by atoms with Crippen molar-refractivity contribution in [2.24, 2.45) is 4.99 Å². The highest BCUT2D eigenvalue weighted by molar-refractivity contribution is 14.0. The van der Waals surface area contributed by atoms with Crippen LogP contribution in [0.4, 0.5) is 0 Å². The molecule has 0 radical (unpaired) electrons. The molecule has 6 nitrogen and oxygen atoms in total. The first-order valence-corrected chi connectivity index (χ1v) is 7.35. The SMILES string of the molecule is CN=C(NCc1cccc(Cn2cncn2)c1)NC(C)(C)C.I. The number of hydrogen-bond donors (Lipinski definition) is 2. The van der Waals surface area contributed by atoms with E-state index >= 15 is 0 Å². The summed E-state index contributed by atoms with van der Waals surface area (Å²) in [6.07, 6.45) is 3.27. The molecular formula is C16H25IN6. The minimum absolute atomic E-state index is 0. The molecule has 0 spiro atoms. The number of hydrogen-bond acceptors (Lipinski definition) is 3. The van der Waals surface area contributed by atoms with Gasteiger partial charge in [0.25, 0.3) is 0 Å². The Bertz CT molecular complexity index is 616. The Balaban J connectivity index is 0.00000264. The largest absolute Gasteiger partial charge is 0.352 e. The Morgan fingerprint density at radius 1 is 1.26 bits per heavy atom. The summed E-state index contributed by atoms with van der Waals surface area (Å²) in [5.74, 6) is 0.800. The van der Waals surface area contributed by atoms with Gasteiger partial charge in [-0.2, -0.15) is 5.10 Å². The molecular weight excluding hydrogens is 403 g/mol. The number of nitrogens with zero attached hydrogens (tertiary/aromatic N) is 4. The van der Waals surface area contributed by atoms with Crippen LogP contribution in [-0.4, -0.2) is 33.3 Å². The van der Waals surface area contributed by atoms with E-state index in [0.717, 1.165) is 19.0 Å². The summed E-state index contributed by atoms with van der Waals surface area (Å²) in [5.41, 5.74) is 2.38. The lowest BCUT2D eigenvalue weighted by Gasteiger charge is -2.23. The normalized spacial score (nSPS) is 11.7. The third kappa shape index (κ3) is 6.98. The van der Waals surface area contributed by atoms with Gasteiger partial charge in [-0.3, -0.25) is 4.99 Å². The van der Waals surface area contributed by atoms with E-state index in [0.29, 0.717) is 0 Å². The topological polar surface area (TPSA) is 67.1 Å². The molecule has 0 bridgehead atoms. The molecule has 1 aromatic heterocycles. The molecule has 1 aromatic carbocycles. The van der Waals surface area contributed by atoms with Crippen molar-refractivity contribution in [3.8, 4) is 0 Å². The standard InChI is InChI=1S/C16H24N6.HI/c1-16(2,3)21-15(17-4)19-9-13-6-5-7-14(8-13)10-22-12-18-11-20-22;/h5-8,11-12H,9-10H2,1-4H3,(H2,17,19,21);1H. The monoisotopic (exact) mass is 428 g/mol. The summed E-state index contributed by atoms with van der Waals surface area (Å²) in [7, 11) is 1.78. The predicted molar refractivity (Wildman–Crippen MR) is 104 cm³/mol. The first-order chi connectivity index (χ1) is 10.5. The molecule has 2 rings (SSSR count). The molecule has 0 atom stereocenters. The van der Waals surface area contributed by atoms with Gasteiger partial charge in [-0.1, -0.05) is 24.3 Å². The molecule has 126 valence electrons. The highest BCUT2D eigenvalue weighted by Crippen LogP contribution is 2.07. The summed E-state index contributed by atoms with van der Waals surface area (Å²) < 4.78 is 1.81. The van der Waals surface area contributed by atoms with Gasteiger partial charge in [0, 0.05) is 19.1 Å². The maximum absolute atomic E-state index is 4.24. The number of nitrogens with one attached hydrogen (secondary N) is 2. The molecule has 0 saturated carbocycles. The zero-order valence-corrected chi connectivity index (χ0v) is 16.4. The number of guanidine groups is 1. The number of aliphatic imine (C=N–C) groups is 1. The Hall–Kier alpha value is -1.64. The third-order valence-electron chi connectivity index (χ3n) is 2.98. The van der Waals surface area contributed by atoms with Crippen LogP contribution in [0, 0.1) is 0 Å². The Kier molecular flexibility index (Phi) is 7.47. The number of halogens is 1. The lowest BCUT2D eigenvalue weighted by atomic mass is 10.1. The fourth-order valence-electron chi connectivity index (χ4n) is 2.06. The van der Waals surface area contributed by atoms with Crippen molar-refractivity contribution in [3.05, 3.63) is 48.0 Å². The number of aromatic nitrogens is 3. The Morgan fingerprint density at radius 2 is 2.00 bits per heavy atom. The van der Waals surface area contributed by atoms with Crippen LogP contribution >= 0.6 is 24.0 Å². The van der Waals surface area contributed by atoms with Gasteiger partial charge in [0.1, 0.15) is 12.7 Å². The van der Waals surface area contributed by atoms with Crippen LogP contribution in [0.5, 0.6) is 0 Å². The minimum Gasteiger partial charge on any atom is -0.352 e. The van der Waals surface area contributed by atoms with Gasteiger partial charge in [-0.15, -0.1) is 24.0 Å². The molecule has 0 saturated heterocycles. The highest BCUT2D eigenvalue weighted by Gasteiger charge is 2.11. The molecule has 7 heteroatoms. The molecule has 0 aliphatic rings. The Morgan fingerprint density at radius 3 is 2.61 bits per heavy atom. The number of benzene rings is 1. The van der Waals surface area contributed by atoms with Crippen molar-refractivity contribution in [1.82, 2.24) is 25.4 Å². The second kappa shape index (κ2) is 8.85. The average Bonchev–Trinajstić information content (AvgIpc) is 2.95. The molecule has 2 aromatic rings. The second-order valence-corrected chi connectivity index (χ2v) is 6.21. The average molecular weight is 428 g/mol. The predicted octanol–water partition coefficient (Wildman–Crippen LogP) is 2.41. The summed E-state index contributed by atoms with van der Waals surface area (Å²) in [4.78, 5) is 8.20. The van der Waals surface area contributed by atoms with E-state index in [1.807, 2.05) is 4.68 Å². The van der Waals surface area contributed by atoms with E-state index in [1.54, 1.807) is 19.7 Å². The molecule has 0 unspecified atom stereocenters. The van der Waals surface area contributed by atoms with Gasteiger partial charge in [0.15, 0.2) is 5.96 Å².